The molecule has 0 aromatic carbocycles. The first-order valence-corrected chi connectivity index (χ1v) is 4.84. The summed E-state index contributed by atoms with van der Waals surface area (Å²) in [7, 11) is 0. The van der Waals surface area contributed by atoms with Crippen molar-refractivity contribution in [1.29, 1.82) is 0 Å². The Morgan fingerprint density at radius 1 is 0.778 bits per heavy atom. The number of nitrogens with two attached hydrogens (primary N) is 2. The molecule has 0 aromatic heterocycles. The van der Waals surface area contributed by atoms with Crippen molar-refractivity contribution < 1.29 is 28.7 Å². The zero-order valence-corrected chi connectivity index (χ0v) is 9.43. The fourth-order valence-electron chi connectivity index (χ4n) is 0.754. The van der Waals surface area contributed by atoms with Crippen molar-refractivity contribution in [2.75, 3.05) is 26.3 Å². The van der Waals surface area contributed by atoms with Crippen molar-refractivity contribution in [2.45, 2.75) is 0 Å². The smallest absolute Gasteiger partial charge is 0.417 e. The van der Waals surface area contributed by atoms with Crippen molar-refractivity contribution in [1.82, 2.24) is 10.6 Å². The predicted octanol–water partition coefficient (Wildman–Crippen LogP) is -2.59. The van der Waals surface area contributed by atoms with Gasteiger partial charge in [0.15, 0.2) is 0 Å². The molecule has 0 spiro atoms. The van der Waals surface area contributed by atoms with Gasteiger partial charge in [-0.15, -0.1) is 0 Å². The lowest BCUT2D eigenvalue weighted by Crippen LogP contribution is -2.34. The van der Waals surface area contributed by atoms with Crippen molar-refractivity contribution in [2.24, 2.45) is 11.5 Å². The number of carbonyl (C=O) groups is 4. The van der Waals surface area contributed by atoms with Crippen molar-refractivity contribution >= 4 is 24.0 Å². The van der Waals surface area contributed by atoms with Gasteiger partial charge in [-0.1, -0.05) is 0 Å². The van der Waals surface area contributed by atoms with E-state index in [9.17, 15) is 19.2 Å². The summed E-state index contributed by atoms with van der Waals surface area (Å²) in [6.45, 7) is -0.456. The van der Waals surface area contributed by atoms with Crippen molar-refractivity contribution in [3.8, 4) is 0 Å². The molecule has 0 radical (unpaired) electrons. The summed E-state index contributed by atoms with van der Waals surface area (Å²) in [6.07, 6.45) is 0. The third-order valence-corrected chi connectivity index (χ3v) is 1.44. The highest BCUT2D eigenvalue weighted by molar-refractivity contribution is 6.29. The van der Waals surface area contributed by atoms with Crippen LogP contribution in [-0.4, -0.2) is 50.3 Å². The standard InChI is InChI=1S/C8H14N4O6/c9-7(15)11-1-3-17-5(13)6(14)18-4-2-12-8(10)16/h1-4H2,(H3,9,11,15)(H3,10,12,16). The summed E-state index contributed by atoms with van der Waals surface area (Å²) in [5, 5.41) is 4.31. The predicted molar refractivity (Wildman–Crippen MR) is 57.1 cm³/mol. The van der Waals surface area contributed by atoms with Crippen LogP contribution < -0.4 is 22.1 Å². The highest BCUT2D eigenvalue weighted by atomic mass is 16.6. The van der Waals surface area contributed by atoms with Gasteiger partial charge in [0.1, 0.15) is 13.2 Å². The summed E-state index contributed by atoms with van der Waals surface area (Å²) in [6, 6.07) is -1.54. The Labute approximate surface area is 102 Å². The fraction of sp³-hybridized carbons (Fsp3) is 0.500. The van der Waals surface area contributed by atoms with E-state index in [1.165, 1.54) is 0 Å². The number of urea groups is 2. The molecule has 0 rings (SSSR count). The van der Waals surface area contributed by atoms with Crippen molar-refractivity contribution in [3.63, 3.8) is 0 Å². The van der Waals surface area contributed by atoms with Crippen LogP contribution in [0.25, 0.3) is 0 Å². The molecule has 0 saturated carbocycles. The van der Waals surface area contributed by atoms with E-state index in [2.05, 4.69) is 20.1 Å². The Kier molecular flexibility index (Phi) is 7.41. The molecule has 102 valence electrons. The van der Waals surface area contributed by atoms with Gasteiger partial charge in [0.05, 0.1) is 13.1 Å². The molecule has 0 aliphatic heterocycles. The maximum atomic E-state index is 11.0. The lowest BCUT2D eigenvalue weighted by Gasteiger charge is -2.06. The minimum Gasteiger partial charge on any atom is -0.455 e. The summed E-state index contributed by atoms with van der Waals surface area (Å²) < 4.78 is 8.87. The molecule has 0 aliphatic carbocycles. The molecule has 0 heterocycles. The first kappa shape index (κ1) is 15.5. The first-order valence-electron chi connectivity index (χ1n) is 4.84. The Bertz CT molecular complexity index is 300. The van der Waals surface area contributed by atoms with E-state index >= 15 is 0 Å². The molecule has 0 saturated heterocycles. The van der Waals surface area contributed by atoms with E-state index in [0.717, 1.165) is 0 Å². The molecule has 10 heteroatoms. The monoisotopic (exact) mass is 262 g/mol. The fourth-order valence-corrected chi connectivity index (χ4v) is 0.754. The summed E-state index contributed by atoms with van der Waals surface area (Å²) in [5.41, 5.74) is 9.50. The van der Waals surface area contributed by atoms with Gasteiger partial charge in [-0.3, -0.25) is 0 Å². The SMILES string of the molecule is NC(=O)NCCOC(=O)C(=O)OCCNC(N)=O. The lowest BCUT2D eigenvalue weighted by molar-refractivity contribution is -0.167. The molecule has 0 aromatic rings. The van der Waals surface area contributed by atoms with Crippen LogP contribution in [0.1, 0.15) is 0 Å². The number of hydrogen-bond acceptors (Lipinski definition) is 6. The van der Waals surface area contributed by atoms with E-state index in [-0.39, 0.29) is 26.3 Å². The number of nitrogens with one attached hydrogen (secondary N) is 2. The van der Waals surface area contributed by atoms with Gasteiger partial charge >= 0.3 is 24.0 Å². The molecule has 4 amide bonds. The molecule has 0 aliphatic rings. The van der Waals surface area contributed by atoms with Crippen LogP contribution in [0.5, 0.6) is 0 Å². The number of rotatable bonds is 6. The minimum absolute atomic E-state index is 0.0163. The first-order chi connectivity index (χ1) is 8.43. The molecular formula is C8H14N4O6. The summed E-state index contributed by atoms with van der Waals surface area (Å²) >= 11 is 0. The topological polar surface area (TPSA) is 163 Å². The molecule has 0 atom stereocenters. The second-order valence-corrected chi connectivity index (χ2v) is 2.85. The Morgan fingerprint density at radius 3 is 1.39 bits per heavy atom. The highest BCUT2D eigenvalue weighted by Gasteiger charge is 2.16. The minimum atomic E-state index is -1.21. The molecule has 10 nitrogen and oxygen atoms in total. The zero-order valence-electron chi connectivity index (χ0n) is 9.43. The molecule has 6 N–H and O–H groups in total. The summed E-state index contributed by atoms with van der Waals surface area (Å²) in [5.74, 6) is -2.42. The molecule has 18 heavy (non-hydrogen) atoms. The van der Waals surface area contributed by atoms with Gasteiger partial charge in [0.25, 0.3) is 0 Å². The van der Waals surface area contributed by atoms with Crippen LogP contribution in [0.15, 0.2) is 0 Å². The second-order valence-electron chi connectivity index (χ2n) is 2.85. The maximum absolute atomic E-state index is 11.0. The van der Waals surface area contributed by atoms with Gasteiger partial charge in [-0.2, -0.15) is 0 Å². The average Bonchev–Trinajstić information content (AvgIpc) is 2.29. The zero-order chi connectivity index (χ0) is 14.0. The molecular weight excluding hydrogens is 248 g/mol. The van der Waals surface area contributed by atoms with Crippen LogP contribution in [0.4, 0.5) is 9.59 Å². The Balaban J connectivity index is 3.60. The van der Waals surface area contributed by atoms with E-state index in [4.69, 9.17) is 11.5 Å². The van der Waals surface area contributed by atoms with Gasteiger partial charge < -0.3 is 31.6 Å². The molecule has 0 fully saturated rings. The largest absolute Gasteiger partial charge is 0.455 e. The number of amides is 4. The van der Waals surface area contributed by atoms with Crippen molar-refractivity contribution in [3.05, 3.63) is 0 Å². The Hall–Kier alpha value is -2.52. The lowest BCUT2D eigenvalue weighted by atomic mass is 10.6. The third-order valence-electron chi connectivity index (χ3n) is 1.44. The number of primary amides is 2. The average molecular weight is 262 g/mol. The maximum Gasteiger partial charge on any atom is 0.417 e. The quantitative estimate of drug-likeness (QED) is 0.233. The third kappa shape index (κ3) is 8.76. The van der Waals surface area contributed by atoms with Gasteiger partial charge in [0.2, 0.25) is 0 Å². The van der Waals surface area contributed by atoms with Crippen LogP contribution in [0, 0.1) is 0 Å². The molecule has 0 unspecified atom stereocenters. The number of carbonyl (C=O) groups excluding carboxylic acids is 4. The van der Waals surface area contributed by atoms with E-state index < -0.39 is 24.0 Å². The van der Waals surface area contributed by atoms with Gasteiger partial charge in [-0.05, 0) is 0 Å². The van der Waals surface area contributed by atoms with Crippen LogP contribution in [0.3, 0.4) is 0 Å². The Morgan fingerprint density at radius 2 is 1.11 bits per heavy atom. The number of hydrogen-bond donors (Lipinski definition) is 4. The number of ether oxygens (including phenoxy) is 2. The van der Waals surface area contributed by atoms with Crippen LogP contribution in [0.2, 0.25) is 0 Å². The van der Waals surface area contributed by atoms with Gasteiger partial charge in [0, 0.05) is 0 Å². The van der Waals surface area contributed by atoms with E-state index in [0.29, 0.717) is 0 Å². The summed E-state index contributed by atoms with van der Waals surface area (Å²) in [4.78, 5) is 42.4. The normalized spacial score (nSPS) is 9.11. The number of esters is 2. The van der Waals surface area contributed by atoms with Crippen LogP contribution >= 0.6 is 0 Å². The molecule has 0 bridgehead atoms. The van der Waals surface area contributed by atoms with Crippen LogP contribution in [-0.2, 0) is 19.1 Å². The highest BCUT2D eigenvalue weighted by Crippen LogP contribution is 1.84. The van der Waals surface area contributed by atoms with E-state index in [1.54, 1.807) is 0 Å². The van der Waals surface area contributed by atoms with Gasteiger partial charge in [-0.25, -0.2) is 19.2 Å². The second kappa shape index (κ2) is 8.61. The van der Waals surface area contributed by atoms with E-state index in [1.807, 2.05) is 0 Å².